The summed E-state index contributed by atoms with van der Waals surface area (Å²) in [6, 6.07) is 0.632. The predicted molar refractivity (Wildman–Crippen MR) is 223 cm³/mol. The molecular formula is C43H69N7O10. The Labute approximate surface area is 354 Å². The number of ether oxygens (including phenoxy) is 5. The van der Waals surface area contributed by atoms with E-state index in [0.717, 1.165) is 6.42 Å². The van der Waals surface area contributed by atoms with Crippen LogP contribution in [0.5, 0.6) is 0 Å². The number of likely N-dealkylation sites (N-methyl/N-ethyl adjacent to an activating group) is 1. The molecule has 2 aromatic rings. The van der Waals surface area contributed by atoms with Crippen LogP contribution in [0.3, 0.4) is 0 Å². The number of cyclic esters (lactones) is 1. The van der Waals surface area contributed by atoms with E-state index in [9.17, 15) is 24.3 Å². The highest BCUT2D eigenvalue weighted by Crippen LogP contribution is 2.39. The number of rotatable bonds is 13. The van der Waals surface area contributed by atoms with Crippen molar-refractivity contribution in [2.24, 2.45) is 23.7 Å². The summed E-state index contributed by atoms with van der Waals surface area (Å²) in [6.07, 6.45) is 2.94. The van der Waals surface area contributed by atoms with Gasteiger partial charge in [-0.15, -0.1) is 0 Å². The first kappa shape index (κ1) is 48.8. The second-order valence-corrected chi connectivity index (χ2v) is 17.4. The maximum absolute atomic E-state index is 14.7. The van der Waals surface area contributed by atoms with Gasteiger partial charge >= 0.3 is 11.9 Å². The van der Waals surface area contributed by atoms with Crippen LogP contribution in [-0.4, -0.2) is 135 Å². The smallest absolute Gasteiger partial charge is 0.316 e. The number of imidazole rings is 1. The molecule has 4 heterocycles. The highest BCUT2D eigenvalue weighted by atomic mass is 16.7. The fourth-order valence-corrected chi connectivity index (χ4v) is 9.06. The third-order valence-corrected chi connectivity index (χ3v) is 12.5. The molecule has 0 radical (unpaired) electrons. The van der Waals surface area contributed by atoms with Crippen LogP contribution in [0.15, 0.2) is 24.8 Å². The molecule has 4 N–H and O–H groups in total. The number of hydrogen-bond donors (Lipinski definition) is 3. The van der Waals surface area contributed by atoms with E-state index in [-0.39, 0.29) is 36.7 Å². The topological polar surface area (TPSA) is 220 Å². The van der Waals surface area contributed by atoms with Gasteiger partial charge in [-0.3, -0.25) is 19.2 Å². The lowest BCUT2D eigenvalue weighted by Crippen LogP contribution is -2.64. The zero-order valence-electron chi connectivity index (χ0n) is 37.5. The van der Waals surface area contributed by atoms with Crippen molar-refractivity contribution in [2.75, 3.05) is 33.5 Å². The van der Waals surface area contributed by atoms with Crippen molar-refractivity contribution >= 4 is 29.5 Å². The number of hydrogen-bond acceptors (Lipinski definition) is 16. The number of aromatic nitrogens is 4. The highest BCUT2D eigenvalue weighted by Gasteiger charge is 2.53. The fraction of sp³-hybridized carbons (Fsp3) is 0.744. The number of carbonyl (C=O) groups is 4. The monoisotopic (exact) mass is 844 g/mol. The van der Waals surface area contributed by atoms with Crippen LogP contribution in [0.2, 0.25) is 0 Å². The Kier molecular flexibility index (Phi) is 16.9. The number of methoxy groups -OCH3 is 1. The molecule has 2 aliphatic heterocycles. The number of aryl methyl sites for hydroxylation is 1. The number of esters is 2. The maximum atomic E-state index is 14.7. The third kappa shape index (κ3) is 11.3. The minimum atomic E-state index is -1.52. The number of Topliss-reactive ketones (excluding diaryl/α,β-unsaturated/α-hetero) is 2. The summed E-state index contributed by atoms with van der Waals surface area (Å²) >= 11 is 0. The maximum Gasteiger partial charge on any atom is 0.316 e. The van der Waals surface area contributed by atoms with E-state index in [1.54, 1.807) is 60.1 Å². The molecule has 4 rings (SSSR count). The molecule has 0 bridgehead atoms. The molecule has 3 unspecified atom stereocenters. The lowest BCUT2D eigenvalue weighted by molar-refractivity contribution is -0.295. The molecule has 0 amide bonds. The first-order valence-corrected chi connectivity index (χ1v) is 21.2. The van der Waals surface area contributed by atoms with Crippen LogP contribution >= 0.6 is 0 Å². The minimum Gasteiger partial charge on any atom is -0.458 e. The normalized spacial score (nSPS) is 34.9. The fourth-order valence-electron chi connectivity index (χ4n) is 9.06. The number of nitrogens with one attached hydrogen (secondary N) is 1. The lowest BCUT2D eigenvalue weighted by Gasteiger charge is -2.47. The number of nitrogens with two attached hydrogens (primary N) is 1. The van der Waals surface area contributed by atoms with Gasteiger partial charge in [0.2, 0.25) is 5.95 Å². The molecule has 2 aromatic heterocycles. The Morgan fingerprint density at radius 2 is 1.77 bits per heavy atom. The number of anilines is 1. The molecule has 17 nitrogen and oxygen atoms in total. The van der Waals surface area contributed by atoms with E-state index in [1.165, 1.54) is 21.0 Å². The molecule has 0 spiro atoms. The Morgan fingerprint density at radius 1 is 1.07 bits per heavy atom. The van der Waals surface area contributed by atoms with Crippen molar-refractivity contribution < 1.29 is 48.0 Å². The van der Waals surface area contributed by atoms with Gasteiger partial charge in [0.05, 0.1) is 35.9 Å². The number of ketones is 2. The summed E-state index contributed by atoms with van der Waals surface area (Å²) in [6.45, 7) is 16.2. The summed E-state index contributed by atoms with van der Waals surface area (Å²) in [7, 11) is 5.22. The van der Waals surface area contributed by atoms with Crippen LogP contribution < -0.4 is 11.1 Å². The van der Waals surface area contributed by atoms with Crippen molar-refractivity contribution in [2.45, 2.75) is 155 Å². The summed E-state index contributed by atoms with van der Waals surface area (Å²) in [5, 5.41) is 15.0. The Bertz CT molecular complexity index is 1780. The van der Waals surface area contributed by atoms with Crippen molar-refractivity contribution in [1.82, 2.24) is 29.7 Å². The summed E-state index contributed by atoms with van der Waals surface area (Å²) in [5.74, 6) is -5.55. The molecular weight excluding hydrogens is 775 g/mol. The van der Waals surface area contributed by atoms with Gasteiger partial charge in [-0.25, -0.2) is 15.0 Å². The zero-order chi connectivity index (χ0) is 44.7. The van der Waals surface area contributed by atoms with Crippen molar-refractivity contribution in [3.8, 4) is 11.4 Å². The van der Waals surface area contributed by atoms with Crippen LogP contribution in [0, 0.1) is 23.7 Å². The number of aliphatic hydroxyl groups is 1. The van der Waals surface area contributed by atoms with Gasteiger partial charge in [0.1, 0.15) is 29.6 Å². The van der Waals surface area contributed by atoms with Gasteiger partial charge in [-0.1, -0.05) is 27.7 Å². The van der Waals surface area contributed by atoms with Crippen LogP contribution in [-0.2, 0) is 49.4 Å². The molecule has 17 heteroatoms. The van der Waals surface area contributed by atoms with Gasteiger partial charge in [0, 0.05) is 56.8 Å². The summed E-state index contributed by atoms with van der Waals surface area (Å²) < 4.78 is 33.1. The second-order valence-electron chi connectivity index (χ2n) is 17.4. The van der Waals surface area contributed by atoms with Gasteiger partial charge in [-0.2, -0.15) is 0 Å². The van der Waals surface area contributed by atoms with Gasteiger partial charge in [0.15, 0.2) is 17.7 Å². The van der Waals surface area contributed by atoms with E-state index in [1.807, 2.05) is 36.7 Å². The Balaban J connectivity index is 1.66. The SMILES string of the molecule is CC[C@H]1OC(=O)[C@H](C)C(=O)[C@H](C)C(OC2O[C@H](C)C[C@H](N(C)C)[C@H]2O)[C@](C)(OC)C[C@@H](C)C(=O)[C@H](C)C(NCCCCn2cnc(-c3ccnc(N)n3)c2)[C@]1(C)OC(C)=O. The average molecular weight is 844 g/mol. The van der Waals surface area contributed by atoms with Gasteiger partial charge < -0.3 is 49.3 Å². The molecule has 2 saturated heterocycles. The molecule has 60 heavy (non-hydrogen) atoms. The standard InChI is InChI=1S/C43H69N7O10/c1-13-33-43(9,60-29(7)51)37(45-17-14-15-19-50-22-31(47-23-50)30-16-18-46-41(44)48-30)26(4)34(52)24(2)21-42(8,56-12)38(27(5)35(53)28(6)39(55)58-33)59-40-36(54)32(49(10)11)20-25(3)57-40/h16,18,22-28,32-33,36-38,40,45,54H,13-15,17,19-21H2,1-12H3,(H2,44,46,48)/t24-,25-,26+,27+,28-,32+,33-,36-,37?,38?,40?,42-,43-/m1/s1. The average Bonchev–Trinajstić information content (AvgIpc) is 3.68. The number of nitrogen functional groups attached to an aromatic ring is 1. The molecule has 0 aliphatic carbocycles. The molecule has 2 aliphatic rings. The Morgan fingerprint density at radius 3 is 2.38 bits per heavy atom. The lowest BCUT2D eigenvalue weighted by atomic mass is 9.73. The predicted octanol–water partition coefficient (Wildman–Crippen LogP) is 3.61. The summed E-state index contributed by atoms with van der Waals surface area (Å²) in [5.41, 5.74) is 4.24. The number of nitrogens with zero attached hydrogens (tertiary/aromatic N) is 5. The largest absolute Gasteiger partial charge is 0.458 e. The van der Waals surface area contributed by atoms with E-state index in [0.29, 0.717) is 37.3 Å². The molecule has 13 atom stereocenters. The zero-order valence-corrected chi connectivity index (χ0v) is 37.5. The van der Waals surface area contributed by atoms with Crippen LogP contribution in [0.4, 0.5) is 5.95 Å². The van der Waals surface area contributed by atoms with Crippen LogP contribution in [0.1, 0.15) is 94.4 Å². The number of aliphatic hydroxyl groups excluding tert-OH is 1. The van der Waals surface area contributed by atoms with Crippen LogP contribution in [0.25, 0.3) is 11.4 Å². The van der Waals surface area contributed by atoms with Crippen molar-refractivity contribution in [3.63, 3.8) is 0 Å². The van der Waals surface area contributed by atoms with E-state index >= 15 is 0 Å². The molecule has 0 saturated carbocycles. The first-order valence-electron chi connectivity index (χ1n) is 21.2. The number of unbranched alkanes of at least 4 members (excludes halogenated alkanes) is 1. The quantitative estimate of drug-likeness (QED) is 0.149. The van der Waals surface area contributed by atoms with Gasteiger partial charge in [0.25, 0.3) is 0 Å². The summed E-state index contributed by atoms with van der Waals surface area (Å²) in [4.78, 5) is 70.5. The van der Waals surface area contributed by atoms with Crippen molar-refractivity contribution in [3.05, 3.63) is 24.8 Å². The molecule has 336 valence electrons. The van der Waals surface area contributed by atoms with E-state index in [2.05, 4.69) is 20.3 Å². The first-order chi connectivity index (χ1) is 28.2. The van der Waals surface area contributed by atoms with Gasteiger partial charge in [-0.05, 0) is 86.5 Å². The van der Waals surface area contributed by atoms with E-state index in [4.69, 9.17) is 29.4 Å². The molecule has 0 aromatic carbocycles. The second kappa shape index (κ2) is 20.8. The highest BCUT2D eigenvalue weighted by molar-refractivity contribution is 6.00. The minimum absolute atomic E-state index is 0.117. The van der Waals surface area contributed by atoms with E-state index < -0.39 is 83.2 Å². The Hall–Kier alpha value is -3.87. The third-order valence-electron chi connectivity index (χ3n) is 12.5. The van der Waals surface area contributed by atoms with Crippen molar-refractivity contribution in [1.29, 1.82) is 0 Å². The molecule has 2 fully saturated rings. The number of carbonyl (C=O) groups excluding carboxylic acids is 4.